The van der Waals surface area contributed by atoms with Crippen LogP contribution in [0.1, 0.15) is 34.9 Å². The van der Waals surface area contributed by atoms with Crippen molar-refractivity contribution in [1.29, 1.82) is 0 Å². The molecule has 3 rings (SSSR count). The minimum absolute atomic E-state index is 0.0395. The first-order chi connectivity index (χ1) is 13.7. The second kappa shape index (κ2) is 8.30. The molecule has 1 fully saturated rings. The van der Waals surface area contributed by atoms with Crippen molar-refractivity contribution in [3.05, 3.63) is 65.5 Å². The molecule has 0 aromatic heterocycles. The zero-order chi connectivity index (χ0) is 21.2. The van der Waals surface area contributed by atoms with Crippen molar-refractivity contribution >= 4 is 21.9 Å². The Bertz CT molecular complexity index is 1020. The van der Waals surface area contributed by atoms with E-state index in [9.17, 15) is 22.4 Å². The molecule has 1 aliphatic rings. The van der Waals surface area contributed by atoms with Gasteiger partial charge in [0.2, 0.25) is 16.1 Å². The monoisotopic (exact) mass is 420 g/mol. The molecule has 0 aliphatic heterocycles. The molecule has 0 radical (unpaired) electrons. The van der Waals surface area contributed by atoms with E-state index in [2.05, 4.69) is 5.32 Å². The highest BCUT2D eigenvalue weighted by molar-refractivity contribution is 7.89. The van der Waals surface area contributed by atoms with Gasteiger partial charge in [-0.3, -0.25) is 4.79 Å². The Morgan fingerprint density at radius 1 is 1.14 bits per heavy atom. The van der Waals surface area contributed by atoms with E-state index in [1.807, 2.05) is 0 Å². The lowest BCUT2D eigenvalue weighted by Gasteiger charge is -2.18. The van der Waals surface area contributed by atoms with Crippen molar-refractivity contribution in [1.82, 2.24) is 9.62 Å². The number of carbonyl (C=O) groups is 2. The summed E-state index contributed by atoms with van der Waals surface area (Å²) in [5.74, 6) is -2.58. The highest BCUT2D eigenvalue weighted by Gasteiger charge is 2.32. The Kier molecular flexibility index (Phi) is 5.99. The standard InChI is InChI=1S/C20H21FN2O5S/c1-23(2)29(26,27)15-10-11-17(21)16(12-15)20(25)28-18(13-6-4-3-5-7-13)19(24)22-14-8-9-14/h3-7,10-12,14,18H,8-9H2,1-2H3,(H,22,24)/t18-/m1/s1. The minimum Gasteiger partial charge on any atom is -0.444 e. The van der Waals surface area contributed by atoms with Crippen LogP contribution in [0.2, 0.25) is 0 Å². The second-order valence-corrected chi connectivity index (χ2v) is 9.06. The Labute approximate surface area is 168 Å². The number of hydrogen-bond donors (Lipinski definition) is 1. The summed E-state index contributed by atoms with van der Waals surface area (Å²) < 4.78 is 45.1. The summed E-state index contributed by atoms with van der Waals surface area (Å²) in [5.41, 5.74) is -0.135. The van der Waals surface area contributed by atoms with Gasteiger partial charge in [0.1, 0.15) is 5.82 Å². The first-order valence-electron chi connectivity index (χ1n) is 8.98. The number of nitrogens with zero attached hydrogens (tertiary/aromatic N) is 1. The zero-order valence-corrected chi connectivity index (χ0v) is 16.8. The summed E-state index contributed by atoms with van der Waals surface area (Å²) in [5, 5.41) is 2.76. The molecule has 0 heterocycles. The van der Waals surface area contributed by atoms with E-state index >= 15 is 0 Å². The SMILES string of the molecule is CN(C)S(=O)(=O)c1ccc(F)c(C(=O)O[C@@H](C(=O)NC2CC2)c2ccccc2)c1. The lowest BCUT2D eigenvalue weighted by atomic mass is 10.1. The number of rotatable bonds is 7. The molecule has 9 heteroatoms. The van der Waals surface area contributed by atoms with Gasteiger partial charge in [0.15, 0.2) is 0 Å². The lowest BCUT2D eigenvalue weighted by Crippen LogP contribution is -2.33. The number of esters is 1. The van der Waals surface area contributed by atoms with Gasteiger partial charge in [-0.05, 0) is 31.0 Å². The van der Waals surface area contributed by atoms with Gasteiger partial charge in [-0.1, -0.05) is 30.3 Å². The number of hydrogen-bond acceptors (Lipinski definition) is 5. The van der Waals surface area contributed by atoms with Gasteiger partial charge in [-0.25, -0.2) is 21.9 Å². The van der Waals surface area contributed by atoms with Gasteiger partial charge in [0, 0.05) is 25.7 Å². The maximum Gasteiger partial charge on any atom is 0.342 e. The van der Waals surface area contributed by atoms with Gasteiger partial charge in [-0.2, -0.15) is 0 Å². The number of sulfonamides is 1. The summed E-state index contributed by atoms with van der Waals surface area (Å²) >= 11 is 0. The third kappa shape index (κ3) is 4.80. The molecule has 7 nitrogen and oxygen atoms in total. The molecule has 2 aromatic carbocycles. The van der Waals surface area contributed by atoms with Crippen LogP contribution in [0.15, 0.2) is 53.4 Å². The number of nitrogens with one attached hydrogen (secondary N) is 1. The summed E-state index contributed by atoms with van der Waals surface area (Å²) in [6, 6.07) is 11.3. The molecule has 1 atom stereocenters. The summed E-state index contributed by atoms with van der Waals surface area (Å²) in [4.78, 5) is 25.0. The van der Waals surface area contributed by atoms with Gasteiger partial charge in [0.25, 0.3) is 5.91 Å². The Morgan fingerprint density at radius 2 is 1.79 bits per heavy atom. The molecule has 154 valence electrons. The molecular weight excluding hydrogens is 399 g/mol. The Balaban J connectivity index is 1.90. The fourth-order valence-electron chi connectivity index (χ4n) is 2.61. The van der Waals surface area contributed by atoms with Crippen LogP contribution in [-0.2, 0) is 19.6 Å². The molecule has 2 aromatic rings. The summed E-state index contributed by atoms with van der Waals surface area (Å²) in [6.07, 6.45) is 0.415. The van der Waals surface area contributed by atoms with Crippen molar-refractivity contribution in [2.45, 2.75) is 29.9 Å². The van der Waals surface area contributed by atoms with E-state index < -0.39 is 39.4 Å². The molecule has 1 N–H and O–H groups in total. The van der Waals surface area contributed by atoms with Crippen LogP contribution in [0, 0.1) is 5.82 Å². The van der Waals surface area contributed by atoms with Crippen molar-refractivity contribution in [3.63, 3.8) is 0 Å². The average Bonchev–Trinajstić information content (AvgIpc) is 3.50. The number of benzene rings is 2. The van der Waals surface area contributed by atoms with E-state index in [0.717, 1.165) is 35.3 Å². The van der Waals surface area contributed by atoms with Crippen LogP contribution < -0.4 is 5.32 Å². The fraction of sp³-hybridized carbons (Fsp3) is 0.300. The zero-order valence-electron chi connectivity index (χ0n) is 16.0. The van der Waals surface area contributed by atoms with Crippen LogP contribution >= 0.6 is 0 Å². The predicted molar refractivity (Wildman–Crippen MR) is 103 cm³/mol. The first kappa shape index (κ1) is 20.9. The molecular formula is C20H21FN2O5S. The molecule has 0 saturated heterocycles. The molecule has 0 unspecified atom stereocenters. The topological polar surface area (TPSA) is 92.8 Å². The van der Waals surface area contributed by atoms with Gasteiger partial charge < -0.3 is 10.1 Å². The van der Waals surface area contributed by atoms with Crippen molar-refractivity contribution in [2.24, 2.45) is 0 Å². The lowest BCUT2D eigenvalue weighted by molar-refractivity contribution is -0.130. The largest absolute Gasteiger partial charge is 0.444 e. The van der Waals surface area contributed by atoms with Gasteiger partial charge in [-0.15, -0.1) is 0 Å². The van der Waals surface area contributed by atoms with Crippen LogP contribution in [0.25, 0.3) is 0 Å². The first-order valence-corrected chi connectivity index (χ1v) is 10.4. The van der Waals surface area contributed by atoms with E-state index in [1.54, 1.807) is 30.3 Å². The average molecular weight is 420 g/mol. The predicted octanol–water partition coefficient (Wildman–Crippen LogP) is 2.25. The van der Waals surface area contributed by atoms with Crippen molar-refractivity contribution < 1.29 is 27.1 Å². The number of halogens is 1. The van der Waals surface area contributed by atoms with Crippen LogP contribution in [0.3, 0.4) is 0 Å². The van der Waals surface area contributed by atoms with Crippen LogP contribution in [-0.4, -0.2) is 44.7 Å². The second-order valence-electron chi connectivity index (χ2n) is 6.91. The molecule has 1 amide bonds. The fourth-order valence-corrected chi connectivity index (χ4v) is 3.54. The summed E-state index contributed by atoms with van der Waals surface area (Å²) in [6.45, 7) is 0. The van der Waals surface area contributed by atoms with E-state index in [1.165, 1.54) is 14.1 Å². The third-order valence-corrected chi connectivity index (χ3v) is 6.24. The third-order valence-electron chi connectivity index (χ3n) is 4.43. The van der Waals surface area contributed by atoms with Gasteiger partial charge >= 0.3 is 5.97 Å². The van der Waals surface area contributed by atoms with E-state index in [4.69, 9.17) is 4.74 Å². The van der Waals surface area contributed by atoms with Gasteiger partial charge in [0.05, 0.1) is 10.5 Å². The highest BCUT2D eigenvalue weighted by atomic mass is 32.2. The Morgan fingerprint density at radius 3 is 2.38 bits per heavy atom. The number of carbonyl (C=O) groups excluding carboxylic acids is 2. The number of ether oxygens (including phenoxy) is 1. The van der Waals surface area contributed by atoms with Crippen LogP contribution in [0.4, 0.5) is 4.39 Å². The Hall–Kier alpha value is -2.78. The number of amides is 1. The van der Waals surface area contributed by atoms with Crippen LogP contribution in [0.5, 0.6) is 0 Å². The minimum atomic E-state index is -3.87. The smallest absolute Gasteiger partial charge is 0.342 e. The van der Waals surface area contributed by atoms with Crippen molar-refractivity contribution in [3.8, 4) is 0 Å². The molecule has 29 heavy (non-hydrogen) atoms. The van der Waals surface area contributed by atoms with E-state index in [-0.39, 0.29) is 10.9 Å². The van der Waals surface area contributed by atoms with E-state index in [0.29, 0.717) is 5.56 Å². The molecule has 0 bridgehead atoms. The molecule has 1 saturated carbocycles. The maximum absolute atomic E-state index is 14.3. The van der Waals surface area contributed by atoms with Crippen molar-refractivity contribution in [2.75, 3.05) is 14.1 Å². The normalized spacial score (nSPS) is 15.0. The highest BCUT2D eigenvalue weighted by Crippen LogP contribution is 2.25. The quantitative estimate of drug-likeness (QED) is 0.694. The molecule has 1 aliphatic carbocycles. The molecule has 0 spiro atoms. The summed E-state index contributed by atoms with van der Waals surface area (Å²) in [7, 11) is -1.23. The maximum atomic E-state index is 14.3.